The zero-order valence-electron chi connectivity index (χ0n) is 14.8. The third kappa shape index (κ3) is 2.36. The van der Waals surface area contributed by atoms with Crippen LogP contribution in [0.25, 0.3) is 0 Å². The topological polar surface area (TPSA) is 77.8 Å². The van der Waals surface area contributed by atoms with Crippen LogP contribution in [-0.2, 0) is 4.79 Å². The summed E-state index contributed by atoms with van der Waals surface area (Å²) in [4.78, 5) is 11.3. The summed E-state index contributed by atoms with van der Waals surface area (Å²) in [6.45, 7) is 2.17. The first-order valence-electron chi connectivity index (χ1n) is 9.96. The number of aliphatic hydroxyl groups excluding tert-OH is 1. The monoisotopic (exact) mass is 336 g/mol. The average Bonchev–Trinajstić information content (AvgIpc) is 2.77. The van der Waals surface area contributed by atoms with Crippen LogP contribution in [0.4, 0.5) is 0 Å². The van der Waals surface area contributed by atoms with E-state index in [1.165, 1.54) is 12.8 Å². The highest BCUT2D eigenvalue weighted by Gasteiger charge is 2.63. The predicted octanol–water partition coefficient (Wildman–Crippen LogP) is 3.21. The number of hydrogen-bond acceptors (Lipinski definition) is 3. The van der Waals surface area contributed by atoms with Gasteiger partial charge in [-0.05, 0) is 92.8 Å². The molecule has 24 heavy (non-hydrogen) atoms. The molecule has 0 unspecified atom stereocenters. The van der Waals surface area contributed by atoms with E-state index in [9.17, 15) is 20.1 Å². The zero-order valence-corrected chi connectivity index (χ0v) is 14.8. The van der Waals surface area contributed by atoms with Crippen LogP contribution in [0.1, 0.15) is 71.1 Å². The summed E-state index contributed by atoms with van der Waals surface area (Å²) < 4.78 is 0. The maximum absolute atomic E-state index is 11.3. The molecule has 0 bridgehead atoms. The van der Waals surface area contributed by atoms with Crippen molar-refractivity contribution < 1.29 is 20.1 Å². The van der Waals surface area contributed by atoms with Gasteiger partial charge in [-0.1, -0.05) is 6.92 Å². The number of rotatable bonds is 2. The molecule has 4 fully saturated rings. The van der Waals surface area contributed by atoms with Crippen LogP contribution in [0.15, 0.2) is 0 Å². The summed E-state index contributed by atoms with van der Waals surface area (Å²) in [5.41, 5.74) is -1.25. The molecular weight excluding hydrogens is 304 g/mol. The number of carbonyl (C=O) groups is 1. The van der Waals surface area contributed by atoms with Gasteiger partial charge in [-0.15, -0.1) is 0 Å². The molecule has 136 valence electrons. The van der Waals surface area contributed by atoms with Gasteiger partial charge in [-0.25, -0.2) is 0 Å². The van der Waals surface area contributed by atoms with Gasteiger partial charge in [0.1, 0.15) is 0 Å². The van der Waals surface area contributed by atoms with E-state index in [4.69, 9.17) is 0 Å². The molecule has 0 spiro atoms. The predicted molar refractivity (Wildman–Crippen MR) is 90.3 cm³/mol. The number of hydrogen-bond donors (Lipinski definition) is 3. The van der Waals surface area contributed by atoms with Gasteiger partial charge in [0.15, 0.2) is 0 Å². The van der Waals surface area contributed by atoms with E-state index in [-0.39, 0.29) is 17.9 Å². The second-order valence-electron chi connectivity index (χ2n) is 9.50. The van der Waals surface area contributed by atoms with Gasteiger partial charge >= 0.3 is 5.97 Å². The molecule has 4 heteroatoms. The van der Waals surface area contributed by atoms with E-state index in [0.29, 0.717) is 24.2 Å². The Balaban J connectivity index is 1.56. The van der Waals surface area contributed by atoms with Crippen LogP contribution in [0, 0.1) is 35.0 Å². The van der Waals surface area contributed by atoms with Gasteiger partial charge in [-0.3, -0.25) is 4.79 Å². The van der Waals surface area contributed by atoms with E-state index in [1.807, 2.05) is 0 Å². The van der Waals surface area contributed by atoms with E-state index < -0.39 is 11.6 Å². The van der Waals surface area contributed by atoms with E-state index in [2.05, 4.69) is 6.92 Å². The first-order valence-corrected chi connectivity index (χ1v) is 9.96. The molecule has 0 aliphatic heterocycles. The molecule has 8 atom stereocenters. The molecule has 4 aliphatic rings. The minimum absolute atomic E-state index is 0.0937. The number of carboxylic acid groups (broad SMARTS) is 1. The largest absolute Gasteiger partial charge is 0.481 e. The van der Waals surface area contributed by atoms with E-state index in [1.54, 1.807) is 0 Å². The molecule has 0 radical (unpaired) electrons. The number of fused-ring (bicyclic) bond motifs is 5. The lowest BCUT2D eigenvalue weighted by Gasteiger charge is -2.57. The summed E-state index contributed by atoms with van der Waals surface area (Å²) in [5, 5.41) is 30.4. The molecule has 0 aromatic carbocycles. The highest BCUT2D eigenvalue weighted by molar-refractivity contribution is 5.68. The van der Waals surface area contributed by atoms with Crippen molar-refractivity contribution in [2.45, 2.75) is 82.8 Å². The minimum Gasteiger partial charge on any atom is -0.481 e. The fraction of sp³-hybridized carbons (Fsp3) is 0.950. The maximum Gasteiger partial charge on any atom is 0.306 e. The van der Waals surface area contributed by atoms with Crippen LogP contribution in [0.2, 0.25) is 0 Å². The summed E-state index contributed by atoms with van der Waals surface area (Å²) >= 11 is 0. The third-order valence-electron chi connectivity index (χ3n) is 8.69. The molecular formula is C20H32O4. The van der Waals surface area contributed by atoms with Crippen molar-refractivity contribution in [3.8, 4) is 0 Å². The fourth-order valence-corrected chi connectivity index (χ4v) is 7.48. The van der Waals surface area contributed by atoms with Gasteiger partial charge in [0, 0.05) is 0 Å². The molecule has 4 rings (SSSR count). The summed E-state index contributed by atoms with van der Waals surface area (Å²) in [7, 11) is 0. The van der Waals surface area contributed by atoms with E-state index in [0.717, 1.165) is 50.4 Å². The van der Waals surface area contributed by atoms with Crippen LogP contribution in [-0.4, -0.2) is 33.0 Å². The van der Waals surface area contributed by atoms with Gasteiger partial charge in [0.25, 0.3) is 0 Å². The van der Waals surface area contributed by atoms with Crippen LogP contribution >= 0.6 is 0 Å². The lowest BCUT2D eigenvalue weighted by molar-refractivity contribution is -0.159. The number of aliphatic hydroxyl groups is 2. The Kier molecular flexibility index (Phi) is 4.00. The molecule has 0 aromatic rings. The molecule has 4 aliphatic carbocycles. The molecule has 0 heterocycles. The van der Waals surface area contributed by atoms with Gasteiger partial charge < -0.3 is 15.3 Å². The Morgan fingerprint density at radius 3 is 2.50 bits per heavy atom. The van der Waals surface area contributed by atoms with Gasteiger partial charge in [0.05, 0.1) is 18.1 Å². The SMILES string of the molecule is C[C@]12CC[C@H]3[C@@H](CC[C@H]4C[C@@H](O)CC[C@@H]43)[C@@H]1CC[C@@]2(O)CC(=O)O. The summed E-state index contributed by atoms with van der Waals surface area (Å²) in [6.07, 6.45) is 9.07. The van der Waals surface area contributed by atoms with Crippen molar-refractivity contribution in [1.82, 2.24) is 0 Å². The van der Waals surface area contributed by atoms with Crippen LogP contribution in [0.3, 0.4) is 0 Å². The van der Waals surface area contributed by atoms with Crippen molar-refractivity contribution in [1.29, 1.82) is 0 Å². The molecule has 0 saturated heterocycles. The minimum atomic E-state index is -1.02. The van der Waals surface area contributed by atoms with Crippen molar-refractivity contribution in [3.05, 3.63) is 0 Å². The second kappa shape index (κ2) is 5.70. The first kappa shape index (κ1) is 16.8. The molecule has 4 nitrogen and oxygen atoms in total. The number of carboxylic acids is 1. The quantitative estimate of drug-likeness (QED) is 0.723. The Morgan fingerprint density at radius 1 is 1.00 bits per heavy atom. The highest BCUT2D eigenvalue weighted by atomic mass is 16.4. The Labute approximate surface area is 144 Å². The van der Waals surface area contributed by atoms with E-state index >= 15 is 0 Å². The van der Waals surface area contributed by atoms with Crippen molar-refractivity contribution in [3.63, 3.8) is 0 Å². The molecule has 0 aromatic heterocycles. The second-order valence-corrected chi connectivity index (χ2v) is 9.50. The summed E-state index contributed by atoms with van der Waals surface area (Å²) in [6, 6.07) is 0. The van der Waals surface area contributed by atoms with Gasteiger partial charge in [-0.2, -0.15) is 0 Å². The Hall–Kier alpha value is -0.610. The van der Waals surface area contributed by atoms with Crippen molar-refractivity contribution in [2.24, 2.45) is 35.0 Å². The Bertz CT molecular complexity index is 520. The third-order valence-corrected chi connectivity index (χ3v) is 8.69. The lowest BCUT2D eigenvalue weighted by atomic mass is 9.49. The Morgan fingerprint density at radius 2 is 1.75 bits per heavy atom. The van der Waals surface area contributed by atoms with Crippen molar-refractivity contribution >= 4 is 5.97 Å². The van der Waals surface area contributed by atoms with Crippen molar-refractivity contribution in [2.75, 3.05) is 0 Å². The van der Waals surface area contributed by atoms with Crippen LogP contribution in [0.5, 0.6) is 0 Å². The average molecular weight is 336 g/mol. The smallest absolute Gasteiger partial charge is 0.306 e. The lowest BCUT2D eigenvalue weighted by Crippen LogP contribution is -2.54. The van der Waals surface area contributed by atoms with Crippen LogP contribution < -0.4 is 0 Å². The fourth-order valence-electron chi connectivity index (χ4n) is 7.48. The number of aliphatic carboxylic acids is 1. The summed E-state index contributed by atoms with van der Waals surface area (Å²) in [5.74, 6) is 2.45. The molecule has 4 saturated carbocycles. The standard InChI is InChI=1S/C20H32O4/c1-19-8-6-15-14-5-3-13(21)10-12(14)2-4-16(15)17(19)7-9-20(19,24)11-18(22)23/h12-17,21,24H,2-11H2,1H3,(H,22,23)/t12-,13-,14-,15+,16+,17-,19-,20+/m0/s1. The zero-order chi connectivity index (χ0) is 17.1. The maximum atomic E-state index is 11.3. The molecule has 0 amide bonds. The highest BCUT2D eigenvalue weighted by Crippen LogP contribution is 2.65. The van der Waals surface area contributed by atoms with Gasteiger partial charge in [0.2, 0.25) is 0 Å². The first-order chi connectivity index (χ1) is 11.3. The normalized spacial score (nSPS) is 53.8. The molecule has 3 N–H and O–H groups in total.